The number of nitrogens with zero attached hydrogens (tertiary/aromatic N) is 1. The molecule has 1 aromatic carbocycles. The standard InChI is InChI=1S/C17H24N2O2/c1-5-8-13-16(21)19(11-15(20)18-13)14-10-7-6-9-12(14)17(2,3)4/h6-7,9-10,13H,5,8,11H2,1-4H3,(H,18,20). The molecule has 0 aromatic heterocycles. The molecule has 1 heterocycles. The molecular formula is C17H24N2O2. The van der Waals surface area contributed by atoms with Crippen molar-refractivity contribution in [1.82, 2.24) is 5.32 Å². The molecule has 0 saturated carbocycles. The zero-order valence-electron chi connectivity index (χ0n) is 13.3. The van der Waals surface area contributed by atoms with Gasteiger partial charge < -0.3 is 10.2 Å². The summed E-state index contributed by atoms with van der Waals surface area (Å²) >= 11 is 0. The highest BCUT2D eigenvalue weighted by Gasteiger charge is 2.34. The Morgan fingerprint density at radius 1 is 1.24 bits per heavy atom. The lowest BCUT2D eigenvalue weighted by Gasteiger charge is -2.35. The zero-order valence-corrected chi connectivity index (χ0v) is 13.3. The lowest BCUT2D eigenvalue weighted by atomic mass is 9.85. The number of hydrogen-bond acceptors (Lipinski definition) is 2. The number of benzene rings is 1. The van der Waals surface area contributed by atoms with E-state index >= 15 is 0 Å². The summed E-state index contributed by atoms with van der Waals surface area (Å²) in [5.41, 5.74) is 1.86. The van der Waals surface area contributed by atoms with Crippen LogP contribution in [0.4, 0.5) is 5.69 Å². The molecule has 4 nitrogen and oxygen atoms in total. The average molecular weight is 288 g/mol. The molecule has 1 fully saturated rings. The van der Waals surface area contributed by atoms with Crippen molar-refractivity contribution >= 4 is 17.5 Å². The van der Waals surface area contributed by atoms with E-state index in [2.05, 4.69) is 26.1 Å². The predicted octanol–water partition coefficient (Wildman–Crippen LogP) is 2.62. The third-order valence-electron chi connectivity index (χ3n) is 3.78. The minimum atomic E-state index is -0.399. The van der Waals surface area contributed by atoms with E-state index in [4.69, 9.17) is 0 Å². The Hall–Kier alpha value is -1.84. The van der Waals surface area contributed by atoms with Crippen molar-refractivity contribution in [2.24, 2.45) is 0 Å². The van der Waals surface area contributed by atoms with Gasteiger partial charge in [-0.1, -0.05) is 52.3 Å². The molecule has 1 unspecified atom stereocenters. The van der Waals surface area contributed by atoms with Gasteiger partial charge in [0.15, 0.2) is 0 Å². The molecule has 1 N–H and O–H groups in total. The fourth-order valence-electron chi connectivity index (χ4n) is 2.74. The summed E-state index contributed by atoms with van der Waals surface area (Å²) < 4.78 is 0. The maximum absolute atomic E-state index is 12.7. The first-order valence-electron chi connectivity index (χ1n) is 7.55. The number of piperazine rings is 1. The van der Waals surface area contributed by atoms with Gasteiger partial charge in [-0.2, -0.15) is 0 Å². The summed E-state index contributed by atoms with van der Waals surface area (Å²) in [7, 11) is 0. The Labute approximate surface area is 126 Å². The van der Waals surface area contributed by atoms with Crippen LogP contribution in [0.3, 0.4) is 0 Å². The minimum absolute atomic E-state index is 0.00634. The smallest absolute Gasteiger partial charge is 0.250 e. The topological polar surface area (TPSA) is 49.4 Å². The third-order valence-corrected chi connectivity index (χ3v) is 3.78. The van der Waals surface area contributed by atoms with Crippen molar-refractivity contribution in [3.63, 3.8) is 0 Å². The Bertz CT molecular complexity index is 546. The van der Waals surface area contributed by atoms with Gasteiger partial charge in [-0.15, -0.1) is 0 Å². The second-order valence-corrected chi connectivity index (χ2v) is 6.60. The van der Waals surface area contributed by atoms with Crippen LogP contribution >= 0.6 is 0 Å². The Morgan fingerprint density at radius 2 is 1.90 bits per heavy atom. The predicted molar refractivity (Wildman–Crippen MR) is 84.3 cm³/mol. The highest BCUT2D eigenvalue weighted by molar-refractivity contribution is 6.07. The molecule has 114 valence electrons. The number of anilines is 1. The van der Waals surface area contributed by atoms with E-state index in [1.807, 2.05) is 31.2 Å². The molecule has 1 aliphatic rings. The Kier molecular flexibility index (Phi) is 4.35. The molecular weight excluding hydrogens is 264 g/mol. The van der Waals surface area contributed by atoms with Crippen molar-refractivity contribution < 1.29 is 9.59 Å². The highest BCUT2D eigenvalue weighted by atomic mass is 16.2. The van der Waals surface area contributed by atoms with Gasteiger partial charge >= 0.3 is 0 Å². The van der Waals surface area contributed by atoms with Crippen LogP contribution in [0.5, 0.6) is 0 Å². The molecule has 4 heteroatoms. The molecule has 1 aromatic rings. The van der Waals surface area contributed by atoms with E-state index < -0.39 is 6.04 Å². The largest absolute Gasteiger partial charge is 0.343 e. The minimum Gasteiger partial charge on any atom is -0.343 e. The average Bonchev–Trinajstić information content (AvgIpc) is 2.42. The van der Waals surface area contributed by atoms with E-state index in [0.29, 0.717) is 6.42 Å². The van der Waals surface area contributed by atoms with E-state index in [-0.39, 0.29) is 23.8 Å². The Morgan fingerprint density at radius 3 is 2.52 bits per heavy atom. The number of carbonyl (C=O) groups excluding carboxylic acids is 2. The summed E-state index contributed by atoms with van der Waals surface area (Å²) in [4.78, 5) is 26.2. The lowest BCUT2D eigenvalue weighted by molar-refractivity contribution is -0.131. The summed E-state index contributed by atoms with van der Waals surface area (Å²) in [5.74, 6) is -0.0927. The van der Waals surface area contributed by atoms with E-state index in [1.54, 1.807) is 4.90 Å². The molecule has 1 saturated heterocycles. The van der Waals surface area contributed by atoms with Crippen molar-refractivity contribution in [2.75, 3.05) is 11.4 Å². The first-order valence-corrected chi connectivity index (χ1v) is 7.55. The van der Waals surface area contributed by atoms with Gasteiger partial charge in [0.05, 0.1) is 0 Å². The van der Waals surface area contributed by atoms with Crippen molar-refractivity contribution in [3.05, 3.63) is 29.8 Å². The summed E-state index contributed by atoms with van der Waals surface area (Å²) in [6.07, 6.45) is 1.55. The fourth-order valence-corrected chi connectivity index (χ4v) is 2.74. The normalized spacial score (nSPS) is 19.6. The summed E-state index contributed by atoms with van der Waals surface area (Å²) in [6, 6.07) is 7.45. The Balaban J connectivity index is 2.41. The fraction of sp³-hybridized carbons (Fsp3) is 0.529. The molecule has 21 heavy (non-hydrogen) atoms. The molecule has 0 radical (unpaired) electrons. The molecule has 0 aliphatic carbocycles. The summed E-state index contributed by atoms with van der Waals surface area (Å²) in [6.45, 7) is 8.46. The van der Waals surface area contributed by atoms with E-state index in [0.717, 1.165) is 17.7 Å². The van der Waals surface area contributed by atoms with Crippen LogP contribution in [-0.4, -0.2) is 24.4 Å². The number of hydrogen-bond donors (Lipinski definition) is 1. The number of para-hydroxylation sites is 1. The SMILES string of the molecule is CCCC1NC(=O)CN(c2ccccc2C(C)(C)C)C1=O. The van der Waals surface area contributed by atoms with Crippen LogP contribution in [0.15, 0.2) is 24.3 Å². The molecule has 1 atom stereocenters. The van der Waals surface area contributed by atoms with Gasteiger partial charge in [-0.25, -0.2) is 0 Å². The van der Waals surface area contributed by atoms with E-state index in [1.165, 1.54) is 0 Å². The molecule has 2 amide bonds. The first kappa shape index (κ1) is 15.5. The van der Waals surface area contributed by atoms with E-state index in [9.17, 15) is 9.59 Å². The monoisotopic (exact) mass is 288 g/mol. The van der Waals surface area contributed by atoms with Crippen LogP contribution < -0.4 is 10.2 Å². The maximum atomic E-state index is 12.7. The highest BCUT2D eigenvalue weighted by Crippen LogP contribution is 2.32. The quantitative estimate of drug-likeness (QED) is 0.929. The van der Waals surface area contributed by atoms with Crippen LogP contribution in [0.1, 0.15) is 46.1 Å². The lowest BCUT2D eigenvalue weighted by Crippen LogP contribution is -2.58. The van der Waals surface area contributed by atoms with Gasteiger partial charge in [-0.3, -0.25) is 9.59 Å². The van der Waals surface area contributed by atoms with Crippen molar-refractivity contribution in [1.29, 1.82) is 0 Å². The van der Waals surface area contributed by atoms with Gasteiger partial charge in [0, 0.05) is 5.69 Å². The zero-order chi connectivity index (χ0) is 15.6. The maximum Gasteiger partial charge on any atom is 0.250 e. The third kappa shape index (κ3) is 3.26. The van der Waals surface area contributed by atoms with Crippen LogP contribution in [-0.2, 0) is 15.0 Å². The second kappa shape index (κ2) is 5.88. The van der Waals surface area contributed by atoms with Crippen molar-refractivity contribution in [3.8, 4) is 0 Å². The van der Waals surface area contributed by atoms with Crippen LogP contribution in [0.2, 0.25) is 0 Å². The van der Waals surface area contributed by atoms with Gasteiger partial charge in [0.25, 0.3) is 0 Å². The number of carbonyl (C=O) groups is 2. The van der Waals surface area contributed by atoms with Crippen LogP contribution in [0, 0.1) is 0 Å². The number of amides is 2. The second-order valence-electron chi connectivity index (χ2n) is 6.60. The number of nitrogens with one attached hydrogen (secondary N) is 1. The number of rotatable bonds is 3. The first-order chi connectivity index (χ1) is 9.84. The summed E-state index contributed by atoms with van der Waals surface area (Å²) in [5, 5.41) is 2.79. The van der Waals surface area contributed by atoms with Crippen molar-refractivity contribution in [2.45, 2.75) is 52.0 Å². The van der Waals surface area contributed by atoms with Gasteiger partial charge in [-0.05, 0) is 23.5 Å². The van der Waals surface area contributed by atoms with Gasteiger partial charge in [0.2, 0.25) is 11.8 Å². The molecule has 0 spiro atoms. The molecule has 1 aliphatic heterocycles. The molecule has 2 rings (SSSR count). The molecule has 0 bridgehead atoms. The van der Waals surface area contributed by atoms with Crippen LogP contribution in [0.25, 0.3) is 0 Å². The van der Waals surface area contributed by atoms with Gasteiger partial charge in [0.1, 0.15) is 12.6 Å².